The van der Waals surface area contributed by atoms with Crippen LogP contribution in [0.5, 0.6) is 0 Å². The SMILES string of the molecule is O=C(Cn1ccc([N+](=O)[O-])n1)N1CCCC1. The predicted molar refractivity (Wildman–Crippen MR) is 54.7 cm³/mol. The van der Waals surface area contributed by atoms with E-state index in [9.17, 15) is 14.9 Å². The lowest BCUT2D eigenvalue weighted by atomic mass is 10.4. The van der Waals surface area contributed by atoms with E-state index >= 15 is 0 Å². The van der Waals surface area contributed by atoms with Crippen LogP contribution in [0, 0.1) is 10.1 Å². The summed E-state index contributed by atoms with van der Waals surface area (Å²) in [6.45, 7) is 1.64. The maximum atomic E-state index is 11.7. The second kappa shape index (κ2) is 4.30. The molecule has 0 N–H and O–H groups in total. The van der Waals surface area contributed by atoms with E-state index in [0.29, 0.717) is 0 Å². The van der Waals surface area contributed by atoms with Crippen molar-refractivity contribution in [2.75, 3.05) is 13.1 Å². The summed E-state index contributed by atoms with van der Waals surface area (Å²) in [6.07, 6.45) is 3.52. The van der Waals surface area contributed by atoms with Gasteiger partial charge in [0, 0.05) is 13.1 Å². The lowest BCUT2D eigenvalue weighted by Crippen LogP contribution is -2.31. The fourth-order valence-electron chi connectivity index (χ4n) is 1.74. The molecule has 1 amide bonds. The average Bonchev–Trinajstić information content (AvgIpc) is 2.87. The monoisotopic (exact) mass is 224 g/mol. The zero-order valence-electron chi connectivity index (χ0n) is 8.70. The van der Waals surface area contributed by atoms with Crippen molar-refractivity contribution in [2.24, 2.45) is 0 Å². The predicted octanol–water partition coefficient (Wildman–Crippen LogP) is 0.414. The third-order valence-electron chi connectivity index (χ3n) is 2.57. The molecule has 1 aromatic heterocycles. The molecule has 0 bridgehead atoms. The van der Waals surface area contributed by atoms with Crippen LogP contribution in [0.4, 0.5) is 5.82 Å². The normalized spacial score (nSPS) is 15.4. The second-order valence-electron chi connectivity index (χ2n) is 3.72. The molecule has 16 heavy (non-hydrogen) atoms. The number of rotatable bonds is 3. The topological polar surface area (TPSA) is 81.3 Å². The van der Waals surface area contributed by atoms with Gasteiger partial charge in [-0.15, -0.1) is 0 Å². The molecule has 2 heterocycles. The highest BCUT2D eigenvalue weighted by molar-refractivity contribution is 5.76. The van der Waals surface area contributed by atoms with E-state index < -0.39 is 4.92 Å². The summed E-state index contributed by atoms with van der Waals surface area (Å²) in [7, 11) is 0. The van der Waals surface area contributed by atoms with Gasteiger partial charge in [0.15, 0.2) is 0 Å². The van der Waals surface area contributed by atoms with Crippen LogP contribution in [0.15, 0.2) is 12.3 Å². The fraction of sp³-hybridized carbons (Fsp3) is 0.556. The minimum Gasteiger partial charge on any atom is -0.358 e. The van der Waals surface area contributed by atoms with Gasteiger partial charge >= 0.3 is 5.82 Å². The average molecular weight is 224 g/mol. The Morgan fingerprint density at radius 2 is 2.19 bits per heavy atom. The maximum Gasteiger partial charge on any atom is 0.389 e. The molecule has 0 aliphatic carbocycles. The molecule has 0 atom stereocenters. The van der Waals surface area contributed by atoms with Gasteiger partial charge in [-0.2, -0.15) is 4.68 Å². The van der Waals surface area contributed by atoms with E-state index in [-0.39, 0.29) is 18.3 Å². The molecule has 1 fully saturated rings. The van der Waals surface area contributed by atoms with E-state index in [4.69, 9.17) is 0 Å². The number of aromatic nitrogens is 2. The first-order valence-electron chi connectivity index (χ1n) is 5.12. The molecule has 2 rings (SSSR count). The van der Waals surface area contributed by atoms with Gasteiger partial charge in [0.2, 0.25) is 5.91 Å². The number of nitrogens with zero attached hydrogens (tertiary/aromatic N) is 4. The second-order valence-corrected chi connectivity index (χ2v) is 3.72. The molecule has 1 saturated heterocycles. The lowest BCUT2D eigenvalue weighted by molar-refractivity contribution is -0.389. The number of nitro groups is 1. The van der Waals surface area contributed by atoms with Crippen LogP contribution in [-0.2, 0) is 11.3 Å². The number of hydrogen-bond acceptors (Lipinski definition) is 4. The van der Waals surface area contributed by atoms with Crippen molar-refractivity contribution in [1.82, 2.24) is 14.7 Å². The van der Waals surface area contributed by atoms with Crippen LogP contribution in [0.3, 0.4) is 0 Å². The zero-order valence-corrected chi connectivity index (χ0v) is 8.70. The standard InChI is InChI=1S/C9H12N4O3/c14-9(11-4-1-2-5-11)7-12-6-3-8(10-12)13(15)16/h3,6H,1-2,4-5,7H2. The summed E-state index contributed by atoms with van der Waals surface area (Å²) in [4.78, 5) is 23.3. The van der Waals surface area contributed by atoms with Gasteiger partial charge in [-0.25, -0.2) is 0 Å². The quantitative estimate of drug-likeness (QED) is 0.550. The zero-order chi connectivity index (χ0) is 11.5. The first kappa shape index (κ1) is 10.6. The van der Waals surface area contributed by atoms with Gasteiger partial charge in [0.1, 0.15) is 6.54 Å². The number of amides is 1. The molecule has 1 aromatic rings. The highest BCUT2D eigenvalue weighted by Gasteiger charge is 2.20. The van der Waals surface area contributed by atoms with Crippen LogP contribution in [0.1, 0.15) is 12.8 Å². The van der Waals surface area contributed by atoms with E-state index in [2.05, 4.69) is 5.10 Å². The highest BCUT2D eigenvalue weighted by atomic mass is 16.6. The summed E-state index contributed by atoms with van der Waals surface area (Å²) in [5, 5.41) is 14.1. The molecular weight excluding hydrogens is 212 g/mol. The van der Waals surface area contributed by atoms with Crippen LogP contribution < -0.4 is 0 Å². The Balaban J connectivity index is 1.97. The number of carbonyl (C=O) groups excluding carboxylic acids is 1. The summed E-state index contributed by atoms with van der Waals surface area (Å²) < 4.78 is 1.30. The molecular formula is C9H12N4O3. The minimum absolute atomic E-state index is 0.0319. The lowest BCUT2D eigenvalue weighted by Gasteiger charge is -2.13. The van der Waals surface area contributed by atoms with Crippen molar-refractivity contribution < 1.29 is 9.72 Å². The third kappa shape index (κ3) is 2.18. The Morgan fingerprint density at radius 3 is 2.75 bits per heavy atom. The van der Waals surface area contributed by atoms with Gasteiger partial charge in [-0.1, -0.05) is 0 Å². The summed E-state index contributed by atoms with van der Waals surface area (Å²) >= 11 is 0. The fourth-order valence-corrected chi connectivity index (χ4v) is 1.74. The van der Waals surface area contributed by atoms with Crippen molar-refractivity contribution in [3.8, 4) is 0 Å². The maximum absolute atomic E-state index is 11.7. The van der Waals surface area contributed by atoms with Gasteiger partial charge in [-0.05, 0) is 17.8 Å². The largest absolute Gasteiger partial charge is 0.389 e. The first-order chi connectivity index (χ1) is 7.66. The third-order valence-corrected chi connectivity index (χ3v) is 2.57. The van der Waals surface area contributed by atoms with Crippen LogP contribution in [0.2, 0.25) is 0 Å². The smallest absolute Gasteiger partial charge is 0.358 e. The molecule has 7 heteroatoms. The van der Waals surface area contributed by atoms with Crippen molar-refractivity contribution in [3.05, 3.63) is 22.4 Å². The molecule has 86 valence electrons. The van der Waals surface area contributed by atoms with Crippen LogP contribution >= 0.6 is 0 Å². The highest BCUT2D eigenvalue weighted by Crippen LogP contribution is 2.09. The van der Waals surface area contributed by atoms with Crippen molar-refractivity contribution in [1.29, 1.82) is 0 Å². The Labute approximate surface area is 91.8 Å². The van der Waals surface area contributed by atoms with E-state index in [1.54, 1.807) is 4.90 Å². The van der Waals surface area contributed by atoms with Crippen LogP contribution in [0.25, 0.3) is 0 Å². The van der Waals surface area contributed by atoms with Gasteiger partial charge < -0.3 is 15.0 Å². The molecule has 0 aromatic carbocycles. The number of likely N-dealkylation sites (tertiary alicyclic amines) is 1. The van der Waals surface area contributed by atoms with E-state index in [1.165, 1.54) is 16.9 Å². The van der Waals surface area contributed by atoms with Crippen molar-refractivity contribution >= 4 is 11.7 Å². The molecule has 0 saturated carbocycles. The van der Waals surface area contributed by atoms with E-state index in [1.807, 2.05) is 0 Å². The Kier molecular flexibility index (Phi) is 2.84. The summed E-state index contributed by atoms with van der Waals surface area (Å²) in [5.41, 5.74) is 0. The number of hydrogen-bond donors (Lipinski definition) is 0. The molecule has 0 unspecified atom stereocenters. The Bertz CT molecular complexity index is 409. The van der Waals surface area contributed by atoms with Crippen molar-refractivity contribution in [3.63, 3.8) is 0 Å². The summed E-state index contributed by atoms with van der Waals surface area (Å²) in [6, 6.07) is 1.29. The molecule has 7 nitrogen and oxygen atoms in total. The summed E-state index contributed by atoms with van der Waals surface area (Å²) in [5.74, 6) is -0.260. The molecule has 1 aliphatic rings. The molecule has 0 spiro atoms. The van der Waals surface area contributed by atoms with Crippen molar-refractivity contribution in [2.45, 2.75) is 19.4 Å². The van der Waals surface area contributed by atoms with E-state index in [0.717, 1.165) is 25.9 Å². The van der Waals surface area contributed by atoms with Gasteiger partial charge in [0.25, 0.3) is 0 Å². The Hall–Kier alpha value is -1.92. The minimum atomic E-state index is -0.573. The Morgan fingerprint density at radius 1 is 1.50 bits per heavy atom. The van der Waals surface area contributed by atoms with Crippen LogP contribution in [-0.4, -0.2) is 38.6 Å². The van der Waals surface area contributed by atoms with Gasteiger partial charge in [-0.3, -0.25) is 4.79 Å². The number of carbonyl (C=O) groups is 1. The molecule has 0 radical (unpaired) electrons. The first-order valence-corrected chi connectivity index (χ1v) is 5.12. The van der Waals surface area contributed by atoms with Gasteiger partial charge in [0.05, 0.1) is 17.4 Å². The molecule has 1 aliphatic heterocycles.